The molecule has 0 radical (unpaired) electrons. The molecule has 2 aromatic heterocycles. The van der Waals surface area contributed by atoms with Gasteiger partial charge in [0, 0.05) is 18.6 Å². The fourth-order valence-corrected chi connectivity index (χ4v) is 1.48. The van der Waals surface area contributed by atoms with E-state index in [9.17, 15) is 0 Å². The fraction of sp³-hybridized carbons (Fsp3) is 0.333. The Morgan fingerprint density at radius 1 is 1.27 bits per heavy atom. The van der Waals surface area contributed by atoms with E-state index in [1.807, 2.05) is 25.4 Å². The Morgan fingerprint density at radius 3 is 2.73 bits per heavy atom. The van der Waals surface area contributed by atoms with Gasteiger partial charge in [-0.15, -0.1) is 0 Å². The van der Waals surface area contributed by atoms with Crippen LogP contribution in [0.3, 0.4) is 0 Å². The third-order valence-electron chi connectivity index (χ3n) is 2.49. The molecule has 0 atom stereocenters. The summed E-state index contributed by atoms with van der Waals surface area (Å²) in [4.78, 5) is 8.73. The highest BCUT2D eigenvalue weighted by Crippen LogP contribution is 2.19. The van der Waals surface area contributed by atoms with E-state index in [0.717, 1.165) is 16.9 Å². The smallest absolute Gasteiger partial charge is 0.161 e. The van der Waals surface area contributed by atoms with Crippen LogP contribution in [0.4, 0.5) is 5.82 Å². The van der Waals surface area contributed by atoms with Crippen LogP contribution in [-0.4, -0.2) is 17.0 Å². The summed E-state index contributed by atoms with van der Waals surface area (Å²) in [5.74, 6) is 1.36. The molecule has 0 bridgehead atoms. The molecule has 2 aromatic rings. The van der Waals surface area contributed by atoms with Crippen LogP contribution in [0.25, 0.3) is 11.0 Å². The van der Waals surface area contributed by atoms with Crippen molar-refractivity contribution in [2.45, 2.75) is 19.8 Å². The molecule has 0 aromatic carbocycles. The lowest BCUT2D eigenvalue weighted by Crippen LogP contribution is -1.95. The summed E-state index contributed by atoms with van der Waals surface area (Å²) in [5, 5.41) is 4.10. The monoisotopic (exact) mass is 201 g/mol. The van der Waals surface area contributed by atoms with Gasteiger partial charge in [-0.1, -0.05) is 13.8 Å². The van der Waals surface area contributed by atoms with Gasteiger partial charge in [-0.3, -0.25) is 0 Å². The maximum Gasteiger partial charge on any atom is 0.161 e. The maximum atomic E-state index is 4.37. The summed E-state index contributed by atoms with van der Waals surface area (Å²) < 4.78 is 0. The van der Waals surface area contributed by atoms with Gasteiger partial charge < -0.3 is 5.32 Å². The summed E-state index contributed by atoms with van der Waals surface area (Å²) in [6.07, 6.45) is 1.90. The van der Waals surface area contributed by atoms with Gasteiger partial charge in [-0.05, 0) is 29.7 Å². The highest BCUT2D eigenvalue weighted by atomic mass is 15.0. The van der Waals surface area contributed by atoms with Gasteiger partial charge in [-0.2, -0.15) is 0 Å². The third-order valence-corrected chi connectivity index (χ3v) is 2.49. The molecular weight excluding hydrogens is 186 g/mol. The van der Waals surface area contributed by atoms with Crippen LogP contribution >= 0.6 is 0 Å². The summed E-state index contributed by atoms with van der Waals surface area (Å²) in [6.45, 7) is 4.33. The van der Waals surface area contributed by atoms with E-state index < -0.39 is 0 Å². The van der Waals surface area contributed by atoms with E-state index in [2.05, 4.69) is 35.2 Å². The molecule has 0 saturated carbocycles. The molecule has 78 valence electrons. The summed E-state index contributed by atoms with van der Waals surface area (Å²) in [7, 11) is 1.86. The van der Waals surface area contributed by atoms with Crippen molar-refractivity contribution >= 4 is 16.9 Å². The topological polar surface area (TPSA) is 37.8 Å². The van der Waals surface area contributed by atoms with Gasteiger partial charge in [0.1, 0.15) is 5.82 Å². The summed E-state index contributed by atoms with van der Waals surface area (Å²) >= 11 is 0. The second-order valence-corrected chi connectivity index (χ2v) is 3.92. The predicted octanol–water partition coefficient (Wildman–Crippen LogP) is 2.79. The quantitative estimate of drug-likeness (QED) is 0.811. The minimum absolute atomic E-state index is 0.505. The maximum absolute atomic E-state index is 4.37. The van der Waals surface area contributed by atoms with Crippen LogP contribution in [0, 0.1) is 0 Å². The number of rotatable bonds is 2. The van der Waals surface area contributed by atoms with Crippen LogP contribution in [0.1, 0.15) is 25.3 Å². The van der Waals surface area contributed by atoms with Crippen molar-refractivity contribution in [2.75, 3.05) is 12.4 Å². The normalized spacial score (nSPS) is 10.9. The zero-order chi connectivity index (χ0) is 10.8. The number of aromatic nitrogens is 2. The predicted molar refractivity (Wildman–Crippen MR) is 63.2 cm³/mol. The fourth-order valence-electron chi connectivity index (χ4n) is 1.48. The number of hydrogen-bond donors (Lipinski definition) is 1. The highest BCUT2D eigenvalue weighted by Gasteiger charge is 2.03. The van der Waals surface area contributed by atoms with E-state index >= 15 is 0 Å². The molecule has 2 rings (SSSR count). The lowest BCUT2D eigenvalue weighted by molar-refractivity contribution is 0.861. The zero-order valence-corrected chi connectivity index (χ0v) is 9.28. The van der Waals surface area contributed by atoms with Crippen molar-refractivity contribution in [3.8, 4) is 0 Å². The number of anilines is 1. The second-order valence-electron chi connectivity index (χ2n) is 3.92. The third kappa shape index (κ3) is 1.91. The number of hydrogen-bond acceptors (Lipinski definition) is 3. The Labute approximate surface area is 89.6 Å². The van der Waals surface area contributed by atoms with E-state index in [-0.39, 0.29) is 0 Å². The SMILES string of the molecule is CNc1ccc2cc(C(C)C)cnc2n1. The van der Waals surface area contributed by atoms with Gasteiger partial charge in [0.25, 0.3) is 0 Å². The molecule has 2 heterocycles. The van der Waals surface area contributed by atoms with Gasteiger partial charge in [0.15, 0.2) is 5.65 Å². The van der Waals surface area contributed by atoms with Crippen LogP contribution < -0.4 is 5.32 Å². The Hall–Kier alpha value is -1.64. The van der Waals surface area contributed by atoms with Gasteiger partial charge in [-0.25, -0.2) is 9.97 Å². The molecule has 3 heteroatoms. The van der Waals surface area contributed by atoms with Crippen molar-refractivity contribution in [2.24, 2.45) is 0 Å². The van der Waals surface area contributed by atoms with Crippen molar-refractivity contribution < 1.29 is 0 Å². The molecule has 0 spiro atoms. The highest BCUT2D eigenvalue weighted by molar-refractivity contribution is 5.77. The Kier molecular flexibility index (Phi) is 2.54. The molecule has 3 nitrogen and oxygen atoms in total. The first-order valence-electron chi connectivity index (χ1n) is 5.15. The molecule has 0 aliphatic carbocycles. The molecule has 0 aliphatic rings. The van der Waals surface area contributed by atoms with Crippen LogP contribution in [-0.2, 0) is 0 Å². The van der Waals surface area contributed by atoms with Crippen molar-refractivity contribution in [1.82, 2.24) is 9.97 Å². The van der Waals surface area contributed by atoms with E-state index in [1.54, 1.807) is 0 Å². The molecule has 0 aliphatic heterocycles. The Bertz CT molecular complexity index is 477. The first kappa shape index (κ1) is 9.90. The molecule has 0 unspecified atom stereocenters. The molecular formula is C12H15N3. The number of pyridine rings is 2. The van der Waals surface area contributed by atoms with Crippen LogP contribution in [0.15, 0.2) is 24.4 Å². The lowest BCUT2D eigenvalue weighted by Gasteiger charge is -2.06. The molecule has 1 N–H and O–H groups in total. The zero-order valence-electron chi connectivity index (χ0n) is 9.28. The largest absolute Gasteiger partial charge is 0.373 e. The number of fused-ring (bicyclic) bond motifs is 1. The number of nitrogens with zero attached hydrogens (tertiary/aromatic N) is 2. The minimum Gasteiger partial charge on any atom is -0.373 e. The average molecular weight is 201 g/mol. The van der Waals surface area contributed by atoms with Gasteiger partial charge in [0.2, 0.25) is 0 Å². The number of nitrogens with one attached hydrogen (secondary N) is 1. The minimum atomic E-state index is 0.505. The van der Waals surface area contributed by atoms with E-state index in [4.69, 9.17) is 0 Å². The van der Waals surface area contributed by atoms with Crippen molar-refractivity contribution in [3.05, 3.63) is 30.0 Å². The molecule has 0 amide bonds. The summed E-state index contributed by atoms with van der Waals surface area (Å²) in [5.41, 5.74) is 2.05. The van der Waals surface area contributed by atoms with E-state index in [0.29, 0.717) is 5.92 Å². The van der Waals surface area contributed by atoms with Crippen molar-refractivity contribution in [3.63, 3.8) is 0 Å². The van der Waals surface area contributed by atoms with E-state index in [1.165, 1.54) is 5.56 Å². The molecule has 0 fully saturated rings. The van der Waals surface area contributed by atoms with Crippen LogP contribution in [0.5, 0.6) is 0 Å². The average Bonchev–Trinajstić information content (AvgIpc) is 2.27. The summed E-state index contributed by atoms with van der Waals surface area (Å²) in [6, 6.07) is 6.17. The lowest BCUT2D eigenvalue weighted by atomic mass is 10.0. The molecule has 15 heavy (non-hydrogen) atoms. The second kappa shape index (κ2) is 3.85. The standard InChI is InChI=1S/C12H15N3/c1-8(2)10-6-9-4-5-11(13-3)15-12(9)14-7-10/h4-8H,1-3H3,(H,13,14,15). The van der Waals surface area contributed by atoms with Crippen LogP contribution in [0.2, 0.25) is 0 Å². The first-order chi connectivity index (χ1) is 7.20. The first-order valence-corrected chi connectivity index (χ1v) is 5.15. The Morgan fingerprint density at radius 2 is 2.07 bits per heavy atom. The van der Waals surface area contributed by atoms with Gasteiger partial charge >= 0.3 is 0 Å². The van der Waals surface area contributed by atoms with Gasteiger partial charge in [0.05, 0.1) is 0 Å². The molecule has 0 saturated heterocycles. The van der Waals surface area contributed by atoms with Crippen molar-refractivity contribution in [1.29, 1.82) is 0 Å². The Balaban J connectivity index is 2.55.